The molecule has 1 amide bonds. The van der Waals surface area contributed by atoms with E-state index in [9.17, 15) is 14.7 Å². The molecule has 0 bridgehead atoms. The fraction of sp³-hybridized carbons (Fsp3) is 0.385. The first-order valence-corrected chi connectivity index (χ1v) is 11.6. The number of carbonyl (C=O) groups excluding carboxylic acids is 1. The molecular weight excluding hydrogens is 430 g/mol. The summed E-state index contributed by atoms with van der Waals surface area (Å²) in [6, 6.07) is 13.9. The number of likely N-dealkylation sites (tertiary alicyclic amines) is 1. The smallest absolute Gasteiger partial charge is 0.308 e. The number of nitrogens with zero attached hydrogens (tertiary/aromatic N) is 4. The molecule has 1 fully saturated rings. The Morgan fingerprint density at radius 1 is 1.21 bits per heavy atom. The first-order chi connectivity index (χ1) is 16.4. The van der Waals surface area contributed by atoms with Gasteiger partial charge in [0, 0.05) is 19.3 Å². The third kappa shape index (κ3) is 7.72. The number of aliphatic carboxylic acids is 1. The minimum atomic E-state index is -0.937. The summed E-state index contributed by atoms with van der Waals surface area (Å²) in [6.45, 7) is 5.47. The van der Waals surface area contributed by atoms with Crippen LogP contribution in [0.5, 0.6) is 0 Å². The Balaban J connectivity index is 1.45. The summed E-state index contributed by atoms with van der Waals surface area (Å²) >= 11 is 0. The fourth-order valence-corrected chi connectivity index (χ4v) is 4.09. The second-order valence-corrected chi connectivity index (χ2v) is 8.68. The van der Waals surface area contributed by atoms with Gasteiger partial charge in [0.05, 0.1) is 18.8 Å². The summed E-state index contributed by atoms with van der Waals surface area (Å²) in [6.07, 6.45) is 7.92. The van der Waals surface area contributed by atoms with Crippen molar-refractivity contribution >= 4 is 24.0 Å². The van der Waals surface area contributed by atoms with E-state index in [2.05, 4.69) is 40.8 Å². The lowest BCUT2D eigenvalue weighted by Gasteiger charge is -2.33. The van der Waals surface area contributed by atoms with E-state index in [0.717, 1.165) is 37.9 Å². The highest BCUT2D eigenvalue weighted by atomic mass is 16.4. The zero-order chi connectivity index (χ0) is 24.3. The first kappa shape index (κ1) is 25.0. The van der Waals surface area contributed by atoms with Crippen LogP contribution in [-0.4, -0.2) is 64.3 Å². The fourth-order valence-electron chi connectivity index (χ4n) is 4.09. The Bertz CT molecular complexity index is 970. The van der Waals surface area contributed by atoms with Crippen molar-refractivity contribution in [2.45, 2.75) is 25.7 Å². The number of hydrogen-bond acceptors (Lipinski definition) is 5. The van der Waals surface area contributed by atoms with Crippen molar-refractivity contribution < 1.29 is 14.7 Å². The Morgan fingerprint density at radius 2 is 1.94 bits per heavy atom. The first-order valence-electron chi connectivity index (χ1n) is 11.6. The van der Waals surface area contributed by atoms with Gasteiger partial charge in [0.1, 0.15) is 12.4 Å². The van der Waals surface area contributed by atoms with E-state index >= 15 is 0 Å². The number of pyridine rings is 1. The maximum Gasteiger partial charge on any atom is 0.308 e. The number of carbonyl (C=O) groups is 2. The SMILES string of the molecule is C=CN(C=NCC(Cc1ccc(N)nc1)C(=O)O)CC(=O)N1CCC(Cc2ccccc2)CC1. The molecule has 180 valence electrons. The molecule has 1 aromatic carbocycles. The van der Waals surface area contributed by atoms with Gasteiger partial charge in [0.2, 0.25) is 5.91 Å². The lowest BCUT2D eigenvalue weighted by atomic mass is 9.90. The van der Waals surface area contributed by atoms with Crippen LogP contribution in [0.1, 0.15) is 24.0 Å². The summed E-state index contributed by atoms with van der Waals surface area (Å²) in [5.41, 5.74) is 7.70. The number of piperidine rings is 1. The van der Waals surface area contributed by atoms with E-state index in [1.54, 1.807) is 23.2 Å². The molecule has 2 aromatic rings. The minimum Gasteiger partial charge on any atom is -0.481 e. The monoisotopic (exact) mass is 463 g/mol. The highest BCUT2D eigenvalue weighted by Gasteiger charge is 2.23. The van der Waals surface area contributed by atoms with Gasteiger partial charge in [-0.1, -0.05) is 43.0 Å². The van der Waals surface area contributed by atoms with Gasteiger partial charge in [-0.05, 0) is 55.0 Å². The average Bonchev–Trinajstić information content (AvgIpc) is 2.84. The van der Waals surface area contributed by atoms with Gasteiger partial charge in [-0.3, -0.25) is 14.6 Å². The molecule has 3 N–H and O–H groups in total. The van der Waals surface area contributed by atoms with Crippen molar-refractivity contribution in [3.8, 4) is 0 Å². The van der Waals surface area contributed by atoms with Crippen LogP contribution in [0.2, 0.25) is 0 Å². The molecule has 0 spiro atoms. The van der Waals surface area contributed by atoms with Gasteiger partial charge >= 0.3 is 5.97 Å². The number of aromatic nitrogens is 1. The van der Waals surface area contributed by atoms with Crippen LogP contribution in [0.25, 0.3) is 0 Å². The predicted octanol–water partition coefficient (Wildman–Crippen LogP) is 2.86. The number of nitrogen functional groups attached to an aromatic ring is 1. The molecule has 1 atom stereocenters. The van der Waals surface area contributed by atoms with E-state index < -0.39 is 11.9 Å². The Kier molecular flexibility index (Phi) is 9.20. The zero-order valence-corrected chi connectivity index (χ0v) is 19.4. The summed E-state index contributed by atoms with van der Waals surface area (Å²) in [7, 11) is 0. The highest BCUT2D eigenvalue weighted by Crippen LogP contribution is 2.21. The molecular formula is C26H33N5O3. The number of rotatable bonds is 11. The second-order valence-electron chi connectivity index (χ2n) is 8.68. The number of carboxylic acid groups (broad SMARTS) is 1. The third-order valence-corrected chi connectivity index (χ3v) is 6.12. The molecule has 1 aliphatic rings. The largest absolute Gasteiger partial charge is 0.481 e. The van der Waals surface area contributed by atoms with Crippen LogP contribution in [0.3, 0.4) is 0 Å². The van der Waals surface area contributed by atoms with Crippen LogP contribution < -0.4 is 5.73 Å². The number of benzene rings is 1. The molecule has 8 nitrogen and oxygen atoms in total. The lowest BCUT2D eigenvalue weighted by molar-refractivity contribution is -0.141. The molecule has 1 aliphatic heterocycles. The van der Waals surface area contributed by atoms with E-state index in [1.165, 1.54) is 18.1 Å². The Hall–Kier alpha value is -3.68. The molecule has 3 rings (SSSR count). The zero-order valence-electron chi connectivity index (χ0n) is 19.4. The number of aliphatic imine (C=N–C) groups is 1. The van der Waals surface area contributed by atoms with E-state index in [1.807, 2.05) is 11.0 Å². The molecule has 1 unspecified atom stereocenters. The van der Waals surface area contributed by atoms with Crippen molar-refractivity contribution in [2.75, 3.05) is 31.9 Å². The number of hydrogen-bond donors (Lipinski definition) is 2. The standard InChI is InChI=1S/C26H33N5O3/c1-2-30(19-28-17-23(26(33)34)15-22-8-9-24(27)29-16-22)18-25(32)31-12-10-21(11-13-31)14-20-6-4-3-5-7-20/h2-9,16,19,21,23H,1,10-15,17-18H2,(H2,27,29)(H,33,34). The van der Waals surface area contributed by atoms with Crippen molar-refractivity contribution in [1.82, 2.24) is 14.8 Å². The highest BCUT2D eigenvalue weighted by molar-refractivity contribution is 5.81. The minimum absolute atomic E-state index is 0.0206. The average molecular weight is 464 g/mol. The van der Waals surface area contributed by atoms with Crippen LogP contribution in [0.15, 0.2) is 66.4 Å². The maximum absolute atomic E-state index is 12.8. The Morgan fingerprint density at radius 3 is 2.56 bits per heavy atom. The molecule has 0 saturated carbocycles. The molecule has 8 heteroatoms. The van der Waals surface area contributed by atoms with E-state index in [-0.39, 0.29) is 19.0 Å². The Labute approximate surface area is 200 Å². The summed E-state index contributed by atoms with van der Waals surface area (Å²) < 4.78 is 0. The molecule has 2 heterocycles. The van der Waals surface area contributed by atoms with Crippen molar-refractivity contribution in [2.24, 2.45) is 16.8 Å². The van der Waals surface area contributed by atoms with Gasteiger partial charge in [0.25, 0.3) is 0 Å². The maximum atomic E-state index is 12.8. The predicted molar refractivity (Wildman–Crippen MR) is 133 cm³/mol. The lowest BCUT2D eigenvalue weighted by Crippen LogP contribution is -2.43. The molecule has 1 saturated heterocycles. The molecule has 34 heavy (non-hydrogen) atoms. The summed E-state index contributed by atoms with van der Waals surface area (Å²) in [5.74, 6) is -0.637. The van der Waals surface area contributed by atoms with E-state index in [4.69, 9.17) is 5.73 Å². The molecule has 1 aromatic heterocycles. The molecule has 0 radical (unpaired) electrons. The van der Waals surface area contributed by atoms with Gasteiger partial charge in [-0.15, -0.1) is 0 Å². The number of carboxylic acids is 1. The van der Waals surface area contributed by atoms with Gasteiger partial charge in [-0.2, -0.15) is 0 Å². The van der Waals surface area contributed by atoms with Crippen LogP contribution in [0, 0.1) is 11.8 Å². The molecule has 0 aliphatic carbocycles. The number of nitrogens with two attached hydrogens (primary N) is 1. The van der Waals surface area contributed by atoms with Gasteiger partial charge in [-0.25, -0.2) is 4.98 Å². The van der Waals surface area contributed by atoms with Crippen molar-refractivity contribution in [3.63, 3.8) is 0 Å². The van der Waals surface area contributed by atoms with E-state index in [0.29, 0.717) is 18.2 Å². The summed E-state index contributed by atoms with van der Waals surface area (Å²) in [4.78, 5) is 36.2. The van der Waals surface area contributed by atoms with Crippen molar-refractivity contribution in [1.29, 1.82) is 0 Å². The second kappa shape index (κ2) is 12.5. The normalized spacial score (nSPS) is 15.2. The van der Waals surface area contributed by atoms with Crippen molar-refractivity contribution in [3.05, 3.63) is 72.6 Å². The quantitative estimate of drug-likeness (QED) is 0.391. The van der Waals surface area contributed by atoms with Crippen LogP contribution in [-0.2, 0) is 22.4 Å². The van der Waals surface area contributed by atoms with Crippen LogP contribution >= 0.6 is 0 Å². The topological polar surface area (TPSA) is 112 Å². The van der Waals surface area contributed by atoms with Gasteiger partial charge in [0.15, 0.2) is 0 Å². The van der Waals surface area contributed by atoms with Crippen LogP contribution in [0.4, 0.5) is 5.82 Å². The number of anilines is 1. The van der Waals surface area contributed by atoms with Gasteiger partial charge < -0.3 is 20.6 Å². The number of amides is 1. The third-order valence-electron chi connectivity index (χ3n) is 6.12. The summed E-state index contributed by atoms with van der Waals surface area (Å²) in [5, 5.41) is 9.53.